The minimum absolute atomic E-state index is 0.459. The smallest absolute Gasteiger partial charge is 0.401 e. The first-order valence-electron chi connectivity index (χ1n) is 12.6. The highest BCUT2D eigenvalue weighted by atomic mass is 17.2. The fraction of sp³-hybridized carbons (Fsp3) is 0.960. The largest absolute Gasteiger partial charge is 0.513 e. The second-order valence-corrected chi connectivity index (χ2v) is 9.71. The lowest BCUT2D eigenvalue weighted by Crippen LogP contribution is -2.33. The maximum atomic E-state index is 12.4. The SMILES string of the molecule is CCCCCC(C)(C)OOC(CCC)OC(=O)OC(CCC)OOC(C)(C)CCCCC. The zero-order valence-corrected chi connectivity index (χ0v) is 22.0. The molecular weight excluding hydrogens is 412 g/mol. The Morgan fingerprint density at radius 2 is 1.00 bits per heavy atom. The van der Waals surface area contributed by atoms with Crippen molar-refractivity contribution in [3.8, 4) is 0 Å². The molecule has 0 spiro atoms. The molecule has 2 unspecified atom stereocenters. The van der Waals surface area contributed by atoms with Gasteiger partial charge in [0.05, 0.1) is 11.2 Å². The molecule has 0 saturated heterocycles. The predicted molar refractivity (Wildman–Crippen MR) is 126 cm³/mol. The van der Waals surface area contributed by atoms with Crippen LogP contribution >= 0.6 is 0 Å². The molecule has 0 aromatic rings. The Balaban J connectivity index is 4.64. The van der Waals surface area contributed by atoms with E-state index < -0.39 is 29.9 Å². The van der Waals surface area contributed by atoms with Gasteiger partial charge in [0, 0.05) is 12.8 Å². The summed E-state index contributed by atoms with van der Waals surface area (Å²) in [5.41, 5.74) is -0.918. The summed E-state index contributed by atoms with van der Waals surface area (Å²) >= 11 is 0. The van der Waals surface area contributed by atoms with Crippen molar-refractivity contribution < 1.29 is 33.8 Å². The number of hydrogen-bond donors (Lipinski definition) is 0. The van der Waals surface area contributed by atoms with Crippen LogP contribution < -0.4 is 0 Å². The standard InChI is InChI=1S/C25H50O7/c1-9-13-15-19-24(5,6)31-29-21(17-11-3)27-23(26)28-22(18-12-4)30-32-25(7,8)20-16-14-10-2/h21-22H,9-20H2,1-8H3. The number of rotatable bonds is 20. The maximum absolute atomic E-state index is 12.4. The quantitative estimate of drug-likeness (QED) is 0.0596. The Bertz CT molecular complexity index is 425. The maximum Gasteiger partial charge on any atom is 0.513 e. The normalized spacial score (nSPS) is 14.2. The number of ether oxygens (including phenoxy) is 2. The third kappa shape index (κ3) is 16.7. The average molecular weight is 463 g/mol. The lowest BCUT2D eigenvalue weighted by molar-refractivity contribution is -0.425. The van der Waals surface area contributed by atoms with Crippen LogP contribution in [0.2, 0.25) is 0 Å². The summed E-state index contributed by atoms with van der Waals surface area (Å²) in [6, 6.07) is 0. The van der Waals surface area contributed by atoms with Gasteiger partial charge in [0.25, 0.3) is 0 Å². The van der Waals surface area contributed by atoms with Gasteiger partial charge in [-0.2, -0.15) is 9.78 Å². The van der Waals surface area contributed by atoms with E-state index in [1.807, 2.05) is 41.5 Å². The molecule has 0 aliphatic carbocycles. The first-order chi connectivity index (χ1) is 15.1. The van der Waals surface area contributed by atoms with Crippen LogP contribution in [0, 0.1) is 0 Å². The van der Waals surface area contributed by atoms with Crippen molar-refractivity contribution in [2.24, 2.45) is 0 Å². The van der Waals surface area contributed by atoms with E-state index in [0.717, 1.165) is 64.2 Å². The molecule has 2 atom stereocenters. The Morgan fingerprint density at radius 1 is 0.625 bits per heavy atom. The molecule has 0 aromatic carbocycles. The van der Waals surface area contributed by atoms with Gasteiger partial charge in [-0.1, -0.05) is 79.1 Å². The van der Waals surface area contributed by atoms with Crippen molar-refractivity contribution in [2.75, 3.05) is 0 Å². The predicted octanol–water partition coefficient (Wildman–Crippen LogP) is 8.01. The van der Waals surface area contributed by atoms with Crippen molar-refractivity contribution >= 4 is 6.16 Å². The van der Waals surface area contributed by atoms with Crippen LogP contribution in [-0.2, 0) is 29.0 Å². The molecule has 0 saturated carbocycles. The molecule has 0 aliphatic rings. The summed E-state index contributed by atoms with van der Waals surface area (Å²) in [6.45, 7) is 16.2. The second kappa shape index (κ2) is 17.6. The lowest BCUT2D eigenvalue weighted by atomic mass is 10.0. The molecule has 0 N–H and O–H groups in total. The van der Waals surface area contributed by atoms with Crippen LogP contribution in [0.25, 0.3) is 0 Å². The molecule has 7 heteroatoms. The van der Waals surface area contributed by atoms with E-state index >= 15 is 0 Å². The molecule has 0 aliphatic heterocycles. The molecule has 192 valence electrons. The van der Waals surface area contributed by atoms with Gasteiger partial charge in [-0.3, -0.25) is 0 Å². The monoisotopic (exact) mass is 462 g/mol. The highest BCUT2D eigenvalue weighted by molar-refractivity contribution is 5.60. The van der Waals surface area contributed by atoms with Crippen LogP contribution in [0.5, 0.6) is 0 Å². The Labute approximate surface area is 196 Å². The second-order valence-electron chi connectivity index (χ2n) is 9.71. The van der Waals surface area contributed by atoms with Crippen LogP contribution in [0.3, 0.4) is 0 Å². The summed E-state index contributed by atoms with van der Waals surface area (Å²) in [5.74, 6) is 0. The number of carbonyl (C=O) groups excluding carboxylic acids is 1. The summed E-state index contributed by atoms with van der Waals surface area (Å²) in [5, 5.41) is 0. The Morgan fingerprint density at radius 3 is 1.31 bits per heavy atom. The van der Waals surface area contributed by atoms with Crippen LogP contribution in [-0.4, -0.2) is 29.9 Å². The highest BCUT2D eigenvalue weighted by Gasteiger charge is 2.27. The Kier molecular flexibility index (Phi) is 17.1. The molecular formula is C25H50O7. The third-order valence-electron chi connectivity index (χ3n) is 5.03. The van der Waals surface area contributed by atoms with Gasteiger partial charge in [0.2, 0.25) is 12.6 Å². The van der Waals surface area contributed by atoms with Crippen molar-refractivity contribution in [3.05, 3.63) is 0 Å². The van der Waals surface area contributed by atoms with Gasteiger partial charge in [-0.25, -0.2) is 14.6 Å². The first-order valence-corrected chi connectivity index (χ1v) is 12.6. The van der Waals surface area contributed by atoms with E-state index in [2.05, 4.69) is 13.8 Å². The van der Waals surface area contributed by atoms with E-state index in [4.69, 9.17) is 29.0 Å². The fourth-order valence-corrected chi connectivity index (χ4v) is 3.02. The molecule has 0 bridgehead atoms. The average Bonchev–Trinajstić information content (AvgIpc) is 2.71. The molecule has 0 aromatic heterocycles. The minimum Gasteiger partial charge on any atom is -0.401 e. The van der Waals surface area contributed by atoms with Crippen molar-refractivity contribution in [1.82, 2.24) is 0 Å². The third-order valence-corrected chi connectivity index (χ3v) is 5.03. The fourth-order valence-electron chi connectivity index (χ4n) is 3.02. The van der Waals surface area contributed by atoms with Crippen molar-refractivity contribution in [2.45, 2.75) is 156 Å². The van der Waals surface area contributed by atoms with E-state index in [-0.39, 0.29) is 0 Å². The van der Waals surface area contributed by atoms with Crippen LogP contribution in [0.15, 0.2) is 0 Å². The zero-order chi connectivity index (χ0) is 24.5. The molecule has 0 amide bonds. The topological polar surface area (TPSA) is 72.5 Å². The van der Waals surface area contributed by atoms with Crippen LogP contribution in [0.4, 0.5) is 4.79 Å². The molecule has 7 nitrogen and oxygen atoms in total. The molecule has 0 radical (unpaired) electrons. The van der Waals surface area contributed by atoms with Crippen LogP contribution in [0.1, 0.15) is 132 Å². The summed E-state index contributed by atoms with van der Waals surface area (Å²) in [7, 11) is 0. The van der Waals surface area contributed by atoms with Crippen molar-refractivity contribution in [3.63, 3.8) is 0 Å². The molecule has 0 rings (SSSR count). The Hall–Kier alpha value is -0.890. The first kappa shape index (κ1) is 31.1. The van der Waals surface area contributed by atoms with Crippen molar-refractivity contribution in [1.29, 1.82) is 0 Å². The summed E-state index contributed by atoms with van der Waals surface area (Å²) < 4.78 is 10.7. The van der Waals surface area contributed by atoms with Gasteiger partial charge >= 0.3 is 6.16 Å². The van der Waals surface area contributed by atoms with Gasteiger partial charge in [0.1, 0.15) is 0 Å². The molecule has 0 fully saturated rings. The van der Waals surface area contributed by atoms with E-state index in [1.54, 1.807) is 0 Å². The number of carbonyl (C=O) groups is 1. The minimum atomic E-state index is -0.860. The highest BCUT2D eigenvalue weighted by Crippen LogP contribution is 2.23. The summed E-state index contributed by atoms with van der Waals surface area (Å²) in [4.78, 5) is 34.5. The van der Waals surface area contributed by atoms with Gasteiger partial charge < -0.3 is 9.47 Å². The number of unbranched alkanes of at least 4 members (excludes halogenated alkanes) is 4. The lowest BCUT2D eigenvalue weighted by Gasteiger charge is -2.28. The van der Waals surface area contributed by atoms with E-state index in [1.165, 1.54) is 0 Å². The van der Waals surface area contributed by atoms with E-state index in [0.29, 0.717) is 12.8 Å². The molecule has 32 heavy (non-hydrogen) atoms. The molecule has 0 heterocycles. The van der Waals surface area contributed by atoms with Gasteiger partial charge in [-0.05, 0) is 40.5 Å². The van der Waals surface area contributed by atoms with Gasteiger partial charge in [-0.15, -0.1) is 0 Å². The number of hydrogen-bond acceptors (Lipinski definition) is 7. The van der Waals surface area contributed by atoms with E-state index in [9.17, 15) is 4.79 Å². The zero-order valence-electron chi connectivity index (χ0n) is 22.0. The van der Waals surface area contributed by atoms with Gasteiger partial charge in [0.15, 0.2) is 0 Å². The summed E-state index contributed by atoms with van der Waals surface area (Å²) in [6.07, 6.45) is 8.40.